The van der Waals surface area contributed by atoms with Crippen LogP contribution in [-0.2, 0) is 17.8 Å². The number of likely N-dealkylation sites (tertiary alicyclic amines) is 1. The van der Waals surface area contributed by atoms with E-state index in [0.717, 1.165) is 55.0 Å². The summed E-state index contributed by atoms with van der Waals surface area (Å²) in [7, 11) is 4.04. The van der Waals surface area contributed by atoms with Crippen molar-refractivity contribution in [2.24, 2.45) is 3.15 Å². The number of nitrogens with zero attached hydrogens (tertiary/aromatic N) is 7. The molecule has 1 aromatic heterocycles. The number of hydrogen-bond acceptors (Lipinski definition) is 8. The van der Waals surface area contributed by atoms with Gasteiger partial charge >= 0.3 is 6.01 Å². The Morgan fingerprint density at radius 2 is 1.95 bits per heavy atom. The van der Waals surface area contributed by atoms with Crippen LogP contribution in [0, 0.1) is 0 Å². The molecule has 2 atom stereocenters. The SMILES string of the molecule is C=CC(=O)N1CCN(c2nc(OC[C@@H]3CCCN3C)nc3c2CCN(c2cccc4ccccc24)C3)C[C@@H]1CI=NC. The molecule has 222 valence electrons. The Bertz CT molecular complexity index is 1480. The van der Waals surface area contributed by atoms with Gasteiger partial charge in [-0.3, -0.25) is 7.94 Å². The molecule has 0 N–H and O–H groups in total. The van der Waals surface area contributed by atoms with E-state index in [2.05, 4.69) is 73.9 Å². The number of ether oxygens (including phenoxy) is 1. The van der Waals surface area contributed by atoms with Crippen molar-refractivity contribution in [1.82, 2.24) is 19.8 Å². The predicted octanol–water partition coefficient (Wildman–Crippen LogP) is 4.65. The van der Waals surface area contributed by atoms with Crippen LogP contribution in [-0.4, -0.2) is 95.6 Å². The first kappa shape index (κ1) is 29.0. The van der Waals surface area contributed by atoms with Crippen LogP contribution in [0.25, 0.3) is 10.8 Å². The quantitative estimate of drug-likeness (QED) is 0.195. The van der Waals surface area contributed by atoms with Gasteiger partial charge in [0.05, 0.1) is 18.3 Å². The number of halogens is 1. The Balaban J connectivity index is 1.32. The molecular formula is C32H40IN7O2. The topological polar surface area (TPSA) is 77.4 Å². The molecule has 0 unspecified atom stereocenters. The van der Waals surface area contributed by atoms with Crippen LogP contribution in [0.4, 0.5) is 11.5 Å². The van der Waals surface area contributed by atoms with Gasteiger partial charge in [0.25, 0.3) is 0 Å². The number of piperazine rings is 1. The molecule has 0 radical (unpaired) electrons. The van der Waals surface area contributed by atoms with E-state index in [-0.39, 0.29) is 33.0 Å². The summed E-state index contributed by atoms with van der Waals surface area (Å²) in [5.41, 5.74) is 3.47. The second-order valence-electron chi connectivity index (χ2n) is 11.3. The molecule has 2 fully saturated rings. The molecule has 0 spiro atoms. The minimum atomic E-state index is -0.323. The highest BCUT2D eigenvalue weighted by Gasteiger charge is 2.33. The normalized spacial score (nSPS) is 21.4. The van der Waals surface area contributed by atoms with Gasteiger partial charge in [-0.2, -0.15) is 9.97 Å². The van der Waals surface area contributed by atoms with E-state index in [0.29, 0.717) is 31.7 Å². The third-order valence-corrected chi connectivity index (χ3v) is 10.9. The van der Waals surface area contributed by atoms with Crippen molar-refractivity contribution >= 4 is 49.2 Å². The Morgan fingerprint density at radius 1 is 1.10 bits per heavy atom. The number of benzene rings is 2. The summed E-state index contributed by atoms with van der Waals surface area (Å²) in [4.78, 5) is 31.9. The van der Waals surface area contributed by atoms with Crippen LogP contribution in [0.2, 0.25) is 0 Å². The number of aromatic nitrogens is 2. The Labute approximate surface area is 258 Å². The fraction of sp³-hybridized carbons (Fsp3) is 0.469. The third-order valence-electron chi connectivity index (χ3n) is 8.81. The summed E-state index contributed by atoms with van der Waals surface area (Å²) < 4.78 is 11.7. The van der Waals surface area contributed by atoms with Gasteiger partial charge in [-0.05, 0) is 71.4 Å². The first-order chi connectivity index (χ1) is 20.6. The molecular weight excluding hydrogens is 641 g/mol. The first-order valence-corrected chi connectivity index (χ1v) is 17.4. The van der Waals surface area contributed by atoms with Crippen molar-refractivity contribution in [2.45, 2.75) is 37.9 Å². The maximum absolute atomic E-state index is 12.7. The van der Waals surface area contributed by atoms with Crippen LogP contribution >= 0.6 is 21.0 Å². The highest BCUT2D eigenvalue weighted by atomic mass is 127. The largest absolute Gasteiger partial charge is 0.462 e. The molecule has 3 aromatic rings. The minimum absolute atomic E-state index is 0.0000809. The maximum Gasteiger partial charge on any atom is 0.318 e. The summed E-state index contributed by atoms with van der Waals surface area (Å²) in [5, 5.41) is 2.50. The average molecular weight is 682 g/mol. The predicted molar refractivity (Wildman–Crippen MR) is 177 cm³/mol. The number of likely N-dealkylation sites (N-methyl/N-ethyl adjacent to an activating group) is 1. The molecule has 42 heavy (non-hydrogen) atoms. The molecule has 2 aromatic carbocycles. The standard InChI is InChI=1S/C32H40IN7O2/c1-4-30(41)40-18-17-39(20-25(40)19-33-34-2)31-27-14-16-38(29-13-7-10-23-9-5-6-12-26(23)29)21-28(27)35-32(36-31)42-22-24-11-8-15-37(24)3/h4-7,9-10,12-13,24-25H,1,8,11,14-22H2,2-3H3/t24-,25-/m0/s1. The lowest BCUT2D eigenvalue weighted by Gasteiger charge is -2.42. The molecule has 0 aliphatic carbocycles. The van der Waals surface area contributed by atoms with E-state index in [1.807, 2.05) is 11.9 Å². The lowest BCUT2D eigenvalue weighted by Crippen LogP contribution is -2.56. The fourth-order valence-electron chi connectivity index (χ4n) is 6.50. The molecule has 4 heterocycles. The summed E-state index contributed by atoms with van der Waals surface area (Å²) in [6.45, 7) is 9.13. The van der Waals surface area contributed by atoms with Crippen molar-refractivity contribution in [3.8, 4) is 6.01 Å². The van der Waals surface area contributed by atoms with E-state index >= 15 is 0 Å². The number of carbonyl (C=O) groups is 1. The lowest BCUT2D eigenvalue weighted by molar-refractivity contribution is -0.128. The van der Waals surface area contributed by atoms with Crippen molar-refractivity contribution in [3.63, 3.8) is 0 Å². The molecule has 10 heteroatoms. The molecule has 9 nitrogen and oxygen atoms in total. The molecule has 2 saturated heterocycles. The van der Waals surface area contributed by atoms with Crippen LogP contribution in [0.15, 0.2) is 58.3 Å². The number of anilines is 2. The van der Waals surface area contributed by atoms with Crippen LogP contribution < -0.4 is 14.5 Å². The van der Waals surface area contributed by atoms with Gasteiger partial charge in [0, 0.05) is 60.3 Å². The van der Waals surface area contributed by atoms with Gasteiger partial charge in [0.15, 0.2) is 0 Å². The third kappa shape index (κ3) is 6.01. The van der Waals surface area contributed by atoms with E-state index in [1.165, 1.54) is 34.5 Å². The zero-order chi connectivity index (χ0) is 29.1. The van der Waals surface area contributed by atoms with E-state index in [1.54, 1.807) is 0 Å². The Kier molecular flexibility index (Phi) is 8.99. The summed E-state index contributed by atoms with van der Waals surface area (Å²) >= 11 is -0.323. The van der Waals surface area contributed by atoms with Gasteiger partial charge in [0.2, 0.25) is 5.91 Å². The number of carbonyl (C=O) groups excluding carboxylic acids is 1. The van der Waals surface area contributed by atoms with Crippen LogP contribution in [0.5, 0.6) is 6.01 Å². The second kappa shape index (κ2) is 13.0. The minimum Gasteiger partial charge on any atom is -0.462 e. The highest BCUT2D eigenvalue weighted by Crippen LogP contribution is 2.35. The zero-order valence-electron chi connectivity index (χ0n) is 24.6. The van der Waals surface area contributed by atoms with Crippen molar-refractivity contribution in [2.75, 3.05) is 67.7 Å². The summed E-state index contributed by atoms with van der Waals surface area (Å²) in [6, 6.07) is 16.0. The fourth-order valence-corrected chi connectivity index (χ4v) is 8.10. The molecule has 6 rings (SSSR count). The second-order valence-corrected chi connectivity index (χ2v) is 13.8. The number of hydrogen-bond donors (Lipinski definition) is 0. The highest BCUT2D eigenvalue weighted by molar-refractivity contribution is 14.2. The van der Waals surface area contributed by atoms with E-state index < -0.39 is 0 Å². The molecule has 3 aliphatic rings. The summed E-state index contributed by atoms with van der Waals surface area (Å²) in [5.74, 6) is 0.967. The van der Waals surface area contributed by atoms with Gasteiger partial charge in [-0.1, -0.05) is 43.0 Å². The monoisotopic (exact) mass is 681 g/mol. The smallest absolute Gasteiger partial charge is 0.318 e. The molecule has 3 aliphatic heterocycles. The van der Waals surface area contributed by atoms with Crippen LogP contribution in [0.3, 0.4) is 0 Å². The number of alkyl halides is 1. The van der Waals surface area contributed by atoms with Crippen molar-refractivity contribution in [3.05, 3.63) is 66.4 Å². The first-order valence-electron chi connectivity index (χ1n) is 14.9. The van der Waals surface area contributed by atoms with Crippen LogP contribution in [0.1, 0.15) is 24.1 Å². The Morgan fingerprint density at radius 3 is 2.76 bits per heavy atom. The lowest BCUT2D eigenvalue weighted by atomic mass is 10.0. The van der Waals surface area contributed by atoms with Crippen molar-refractivity contribution in [1.29, 1.82) is 0 Å². The number of amides is 1. The Hall–Kier alpha value is -3.12. The summed E-state index contributed by atoms with van der Waals surface area (Å²) in [6.07, 6.45) is 4.62. The number of rotatable bonds is 8. The van der Waals surface area contributed by atoms with Gasteiger partial charge < -0.3 is 24.3 Å². The maximum atomic E-state index is 12.7. The van der Waals surface area contributed by atoms with Gasteiger partial charge in [0.1, 0.15) is 12.4 Å². The zero-order valence-corrected chi connectivity index (χ0v) is 26.7. The number of fused-ring (bicyclic) bond motifs is 2. The van der Waals surface area contributed by atoms with E-state index in [9.17, 15) is 4.79 Å². The van der Waals surface area contributed by atoms with Crippen molar-refractivity contribution < 1.29 is 9.53 Å². The molecule has 0 saturated carbocycles. The van der Waals surface area contributed by atoms with Gasteiger partial charge in [-0.15, -0.1) is 0 Å². The molecule has 0 bridgehead atoms. The van der Waals surface area contributed by atoms with E-state index in [4.69, 9.17) is 14.7 Å². The average Bonchev–Trinajstić information content (AvgIpc) is 3.45. The van der Waals surface area contributed by atoms with Gasteiger partial charge in [-0.25, -0.2) is 0 Å². The molecule has 1 amide bonds.